The van der Waals surface area contributed by atoms with E-state index in [2.05, 4.69) is 5.32 Å². The molecule has 1 amide bonds. The molecule has 0 saturated heterocycles. The zero-order valence-corrected chi connectivity index (χ0v) is 10.9. The highest BCUT2D eigenvalue weighted by atomic mass is 32.2. The maximum Gasteiger partial charge on any atom is 0.243 e. The van der Waals surface area contributed by atoms with Crippen LogP contribution in [0.4, 0.5) is 4.39 Å². The Balaban J connectivity index is 2.72. The molecule has 0 aliphatic heterocycles. The van der Waals surface area contributed by atoms with Crippen molar-refractivity contribution in [1.82, 2.24) is 10.0 Å². The van der Waals surface area contributed by atoms with Crippen LogP contribution in [0.5, 0.6) is 0 Å². The van der Waals surface area contributed by atoms with Crippen molar-refractivity contribution in [3.63, 3.8) is 0 Å². The highest BCUT2D eigenvalue weighted by Gasteiger charge is 2.19. The lowest BCUT2D eigenvalue weighted by Crippen LogP contribution is -2.39. The van der Waals surface area contributed by atoms with Gasteiger partial charge < -0.3 is 5.32 Å². The standard InChI is InChI=1S/C11H15FN2O3S/c1-8(2)14-11(15)7-13-18(16,17)10-6-4-3-5-9(10)12/h3-6,8,13H,7H2,1-2H3,(H,14,15). The van der Waals surface area contributed by atoms with Crippen molar-refractivity contribution in [2.24, 2.45) is 0 Å². The summed E-state index contributed by atoms with van der Waals surface area (Å²) in [6.07, 6.45) is 0. The smallest absolute Gasteiger partial charge is 0.243 e. The van der Waals surface area contributed by atoms with Crippen LogP contribution in [0.2, 0.25) is 0 Å². The van der Waals surface area contributed by atoms with Gasteiger partial charge in [0.15, 0.2) is 0 Å². The van der Waals surface area contributed by atoms with E-state index >= 15 is 0 Å². The van der Waals surface area contributed by atoms with E-state index < -0.39 is 33.2 Å². The number of hydrogen-bond acceptors (Lipinski definition) is 3. The molecule has 1 rings (SSSR count). The van der Waals surface area contributed by atoms with E-state index in [1.807, 2.05) is 4.72 Å². The summed E-state index contributed by atoms with van der Waals surface area (Å²) in [5, 5.41) is 2.52. The molecule has 18 heavy (non-hydrogen) atoms. The van der Waals surface area contributed by atoms with Gasteiger partial charge >= 0.3 is 0 Å². The minimum atomic E-state index is -4.01. The highest BCUT2D eigenvalue weighted by Crippen LogP contribution is 2.12. The van der Waals surface area contributed by atoms with E-state index in [0.29, 0.717) is 0 Å². The number of hydrogen-bond donors (Lipinski definition) is 2. The maximum atomic E-state index is 13.3. The van der Waals surface area contributed by atoms with E-state index in [1.54, 1.807) is 13.8 Å². The molecule has 7 heteroatoms. The molecule has 0 saturated carbocycles. The molecule has 2 N–H and O–H groups in total. The Morgan fingerprint density at radius 2 is 1.94 bits per heavy atom. The molecule has 0 aliphatic rings. The average Bonchev–Trinajstić information content (AvgIpc) is 2.26. The fraction of sp³-hybridized carbons (Fsp3) is 0.364. The van der Waals surface area contributed by atoms with Gasteiger partial charge in [0.25, 0.3) is 0 Å². The highest BCUT2D eigenvalue weighted by molar-refractivity contribution is 7.89. The van der Waals surface area contributed by atoms with E-state index in [1.165, 1.54) is 12.1 Å². The molecule has 0 radical (unpaired) electrons. The lowest BCUT2D eigenvalue weighted by molar-refractivity contribution is -0.120. The van der Waals surface area contributed by atoms with Gasteiger partial charge in [0.1, 0.15) is 10.7 Å². The SMILES string of the molecule is CC(C)NC(=O)CNS(=O)(=O)c1ccccc1F. The molecule has 0 aromatic heterocycles. The number of amides is 1. The van der Waals surface area contributed by atoms with Gasteiger partial charge in [-0.15, -0.1) is 0 Å². The third-order valence-corrected chi connectivity index (χ3v) is 3.43. The first-order chi connectivity index (χ1) is 8.33. The Morgan fingerprint density at radius 3 is 2.50 bits per heavy atom. The lowest BCUT2D eigenvalue weighted by atomic mass is 10.4. The van der Waals surface area contributed by atoms with E-state index in [4.69, 9.17) is 0 Å². The summed E-state index contributed by atoms with van der Waals surface area (Å²) in [5.74, 6) is -1.32. The number of carbonyl (C=O) groups excluding carboxylic acids is 1. The summed E-state index contributed by atoms with van der Waals surface area (Å²) >= 11 is 0. The van der Waals surface area contributed by atoms with Crippen LogP contribution in [-0.2, 0) is 14.8 Å². The van der Waals surface area contributed by atoms with Crippen molar-refractivity contribution in [2.45, 2.75) is 24.8 Å². The van der Waals surface area contributed by atoms with Gasteiger partial charge in [0.05, 0.1) is 6.54 Å². The summed E-state index contributed by atoms with van der Waals surface area (Å²) in [6.45, 7) is 3.08. The molecule has 0 atom stereocenters. The van der Waals surface area contributed by atoms with Gasteiger partial charge in [-0.1, -0.05) is 12.1 Å². The van der Waals surface area contributed by atoms with Crippen molar-refractivity contribution < 1.29 is 17.6 Å². The van der Waals surface area contributed by atoms with Crippen LogP contribution in [-0.4, -0.2) is 26.9 Å². The fourth-order valence-corrected chi connectivity index (χ4v) is 2.33. The second-order valence-corrected chi connectivity index (χ2v) is 5.71. The molecule has 1 aromatic carbocycles. The number of nitrogens with one attached hydrogen (secondary N) is 2. The zero-order chi connectivity index (χ0) is 13.8. The van der Waals surface area contributed by atoms with Crippen LogP contribution in [0.1, 0.15) is 13.8 Å². The molecule has 1 aromatic rings. The zero-order valence-electron chi connectivity index (χ0n) is 10.1. The van der Waals surface area contributed by atoms with E-state index in [0.717, 1.165) is 12.1 Å². The quantitative estimate of drug-likeness (QED) is 0.827. The van der Waals surface area contributed by atoms with Crippen LogP contribution < -0.4 is 10.0 Å². The van der Waals surface area contributed by atoms with E-state index in [9.17, 15) is 17.6 Å². The molecule has 0 bridgehead atoms. The number of benzene rings is 1. The summed E-state index contributed by atoms with van der Waals surface area (Å²) in [4.78, 5) is 10.8. The van der Waals surface area contributed by atoms with Gasteiger partial charge in [-0.3, -0.25) is 4.79 Å². The number of carbonyl (C=O) groups is 1. The molecule has 0 heterocycles. The molecule has 0 unspecified atom stereocenters. The van der Waals surface area contributed by atoms with Crippen molar-refractivity contribution >= 4 is 15.9 Å². The Morgan fingerprint density at radius 1 is 1.33 bits per heavy atom. The van der Waals surface area contributed by atoms with Crippen LogP contribution in [0.3, 0.4) is 0 Å². The number of sulfonamides is 1. The first-order valence-electron chi connectivity index (χ1n) is 5.36. The number of halogens is 1. The van der Waals surface area contributed by atoms with Crippen molar-refractivity contribution in [3.8, 4) is 0 Å². The first kappa shape index (κ1) is 14.6. The molecule has 0 aliphatic carbocycles. The van der Waals surface area contributed by atoms with Gasteiger partial charge in [-0.05, 0) is 26.0 Å². The Bertz CT molecular complexity index is 529. The second-order valence-electron chi connectivity index (χ2n) is 3.98. The minimum absolute atomic E-state index is 0.0875. The topological polar surface area (TPSA) is 75.3 Å². The van der Waals surface area contributed by atoms with Crippen LogP contribution in [0.25, 0.3) is 0 Å². The van der Waals surface area contributed by atoms with Crippen LogP contribution in [0.15, 0.2) is 29.2 Å². The Hall–Kier alpha value is -1.47. The third-order valence-electron chi connectivity index (χ3n) is 2.00. The largest absolute Gasteiger partial charge is 0.353 e. The maximum absolute atomic E-state index is 13.3. The molecular formula is C11H15FN2O3S. The average molecular weight is 274 g/mol. The molecule has 5 nitrogen and oxygen atoms in total. The molecule has 0 spiro atoms. The van der Waals surface area contributed by atoms with Crippen molar-refractivity contribution in [1.29, 1.82) is 0 Å². The summed E-state index contributed by atoms with van der Waals surface area (Å²) in [6, 6.07) is 4.89. The van der Waals surface area contributed by atoms with E-state index in [-0.39, 0.29) is 6.04 Å². The Labute approximate surface area is 105 Å². The second kappa shape index (κ2) is 5.92. The first-order valence-corrected chi connectivity index (χ1v) is 6.85. The normalized spacial score (nSPS) is 11.6. The fourth-order valence-electron chi connectivity index (χ4n) is 1.27. The molecule has 100 valence electrons. The summed E-state index contributed by atoms with van der Waals surface area (Å²) in [5.41, 5.74) is 0. The van der Waals surface area contributed by atoms with Gasteiger partial charge in [-0.2, -0.15) is 0 Å². The van der Waals surface area contributed by atoms with Crippen LogP contribution in [0, 0.1) is 5.82 Å². The van der Waals surface area contributed by atoms with Gasteiger partial charge in [0, 0.05) is 6.04 Å². The van der Waals surface area contributed by atoms with Gasteiger partial charge in [-0.25, -0.2) is 17.5 Å². The van der Waals surface area contributed by atoms with Crippen molar-refractivity contribution in [3.05, 3.63) is 30.1 Å². The van der Waals surface area contributed by atoms with Crippen molar-refractivity contribution in [2.75, 3.05) is 6.54 Å². The van der Waals surface area contributed by atoms with Crippen LogP contribution >= 0.6 is 0 Å². The number of rotatable bonds is 5. The summed E-state index contributed by atoms with van der Waals surface area (Å²) < 4.78 is 38.8. The Kier molecular flexibility index (Phi) is 4.80. The molecular weight excluding hydrogens is 259 g/mol. The third kappa shape index (κ3) is 4.08. The molecule has 0 fully saturated rings. The monoisotopic (exact) mass is 274 g/mol. The minimum Gasteiger partial charge on any atom is -0.353 e. The lowest BCUT2D eigenvalue weighted by Gasteiger charge is -2.10. The summed E-state index contributed by atoms with van der Waals surface area (Å²) in [7, 11) is -4.01. The predicted molar refractivity (Wildman–Crippen MR) is 64.9 cm³/mol. The van der Waals surface area contributed by atoms with Gasteiger partial charge in [0.2, 0.25) is 15.9 Å². The predicted octanol–water partition coefficient (Wildman–Crippen LogP) is 0.629.